The lowest BCUT2D eigenvalue weighted by molar-refractivity contribution is -0.111. The highest BCUT2D eigenvalue weighted by Crippen LogP contribution is 2.28. The molecule has 1 aliphatic heterocycles. The molecule has 0 saturated carbocycles. The summed E-state index contributed by atoms with van der Waals surface area (Å²) in [7, 11) is -3.52. The second-order valence-corrected chi connectivity index (χ2v) is 7.39. The predicted molar refractivity (Wildman–Crippen MR) is 82.9 cm³/mol. The summed E-state index contributed by atoms with van der Waals surface area (Å²) in [5, 5.41) is 0. The van der Waals surface area contributed by atoms with Gasteiger partial charge >= 0.3 is 0 Å². The summed E-state index contributed by atoms with van der Waals surface area (Å²) < 4.78 is 27.5. The van der Waals surface area contributed by atoms with Gasteiger partial charge in [-0.3, -0.25) is 0 Å². The number of carbonyl (C=O) groups excluding carboxylic acids is 1. The van der Waals surface area contributed by atoms with Gasteiger partial charge in [-0.25, -0.2) is 13.1 Å². The van der Waals surface area contributed by atoms with Crippen LogP contribution in [0.2, 0.25) is 0 Å². The van der Waals surface area contributed by atoms with Gasteiger partial charge in [0.05, 0.1) is 5.69 Å². The molecule has 1 aliphatic rings. The second-order valence-electron chi connectivity index (χ2n) is 5.70. The molecule has 1 aromatic rings. The average Bonchev–Trinajstić information content (AvgIpc) is 2.46. The van der Waals surface area contributed by atoms with E-state index in [4.69, 9.17) is 0 Å². The molecule has 2 rings (SSSR count). The molecule has 1 heterocycles. The monoisotopic (exact) mass is 310 g/mol. The van der Waals surface area contributed by atoms with E-state index in [-0.39, 0.29) is 12.0 Å². The molecule has 1 saturated heterocycles. The third kappa shape index (κ3) is 3.83. The lowest BCUT2D eigenvalue weighted by Crippen LogP contribution is -2.36. The minimum Gasteiger partial charge on any atom is -0.370 e. The lowest BCUT2D eigenvalue weighted by Gasteiger charge is -2.32. The van der Waals surface area contributed by atoms with E-state index in [9.17, 15) is 13.2 Å². The molecule has 116 valence electrons. The van der Waals surface area contributed by atoms with E-state index < -0.39 is 10.0 Å². The van der Waals surface area contributed by atoms with Crippen molar-refractivity contribution in [3.05, 3.63) is 24.3 Å². The number of anilines is 1. The molecule has 1 fully saturated rings. The molecule has 0 radical (unpaired) electrons. The molecular formula is C15H22N2O3S. The van der Waals surface area contributed by atoms with Crippen LogP contribution in [0.5, 0.6) is 0 Å². The molecule has 0 aliphatic carbocycles. The molecule has 0 bridgehead atoms. The first-order valence-corrected chi connectivity index (χ1v) is 8.74. The third-order valence-electron chi connectivity index (χ3n) is 3.62. The Morgan fingerprint density at radius 2 is 1.86 bits per heavy atom. The van der Waals surface area contributed by atoms with Crippen molar-refractivity contribution in [2.75, 3.05) is 18.0 Å². The van der Waals surface area contributed by atoms with E-state index in [0.717, 1.165) is 24.8 Å². The third-order valence-corrected chi connectivity index (χ3v) is 5.32. The van der Waals surface area contributed by atoms with E-state index in [1.54, 1.807) is 26.0 Å². The fourth-order valence-corrected chi connectivity index (χ4v) is 4.07. The second kappa shape index (κ2) is 6.58. The zero-order valence-electron chi connectivity index (χ0n) is 12.5. The van der Waals surface area contributed by atoms with Gasteiger partial charge in [-0.15, -0.1) is 0 Å². The zero-order valence-corrected chi connectivity index (χ0v) is 13.3. The van der Waals surface area contributed by atoms with Crippen molar-refractivity contribution in [3.63, 3.8) is 0 Å². The smallest absolute Gasteiger partial charge is 0.242 e. The van der Waals surface area contributed by atoms with Gasteiger partial charge in [-0.2, -0.15) is 0 Å². The van der Waals surface area contributed by atoms with Gasteiger partial charge in [-0.1, -0.05) is 12.1 Å². The van der Waals surface area contributed by atoms with Gasteiger partial charge in [0.1, 0.15) is 11.2 Å². The molecule has 0 spiro atoms. The number of sulfonamides is 1. The van der Waals surface area contributed by atoms with E-state index in [2.05, 4.69) is 9.62 Å². The number of hydrogen-bond donors (Lipinski definition) is 1. The highest BCUT2D eigenvalue weighted by Gasteiger charge is 2.25. The number of nitrogens with one attached hydrogen (secondary N) is 1. The summed E-state index contributed by atoms with van der Waals surface area (Å²) in [4.78, 5) is 13.2. The minimum absolute atomic E-state index is 0.0961. The summed E-state index contributed by atoms with van der Waals surface area (Å²) in [5.74, 6) is 0.0961. The summed E-state index contributed by atoms with van der Waals surface area (Å²) in [6.45, 7) is 5.01. The number of nitrogens with zero attached hydrogens (tertiary/aromatic N) is 1. The van der Waals surface area contributed by atoms with E-state index in [0.29, 0.717) is 18.0 Å². The minimum atomic E-state index is -3.52. The van der Waals surface area contributed by atoms with Crippen LogP contribution >= 0.6 is 0 Å². The van der Waals surface area contributed by atoms with Crippen molar-refractivity contribution in [1.29, 1.82) is 0 Å². The Hall–Kier alpha value is -1.40. The van der Waals surface area contributed by atoms with E-state index in [1.165, 1.54) is 0 Å². The van der Waals surface area contributed by atoms with Crippen molar-refractivity contribution >= 4 is 22.0 Å². The Bertz CT molecular complexity index is 591. The fourth-order valence-electron chi connectivity index (χ4n) is 2.60. The maximum atomic E-state index is 12.4. The number of piperidine rings is 1. The zero-order chi connectivity index (χ0) is 15.5. The van der Waals surface area contributed by atoms with Crippen LogP contribution < -0.4 is 9.62 Å². The van der Waals surface area contributed by atoms with Crippen LogP contribution in [-0.4, -0.2) is 33.8 Å². The van der Waals surface area contributed by atoms with Gasteiger partial charge in [0.15, 0.2) is 0 Å². The number of hydrogen-bond acceptors (Lipinski definition) is 4. The van der Waals surface area contributed by atoms with Crippen LogP contribution in [0.4, 0.5) is 5.69 Å². The Morgan fingerprint density at radius 1 is 1.24 bits per heavy atom. The number of aldehydes is 1. The lowest BCUT2D eigenvalue weighted by atomic mass is 9.98. The van der Waals surface area contributed by atoms with Crippen LogP contribution in [0.1, 0.15) is 26.7 Å². The number of benzene rings is 1. The molecule has 6 heteroatoms. The average molecular weight is 310 g/mol. The number of carbonyl (C=O) groups is 1. The molecule has 1 aromatic carbocycles. The largest absolute Gasteiger partial charge is 0.370 e. The van der Waals surface area contributed by atoms with Crippen LogP contribution in [0.3, 0.4) is 0 Å². The predicted octanol–water partition coefficient (Wildman–Crippen LogP) is 1.79. The summed E-state index contributed by atoms with van der Waals surface area (Å²) in [6.07, 6.45) is 2.55. The Kier molecular flexibility index (Phi) is 5.00. The standard InChI is InChI=1S/C15H22N2O3S/c1-12(2)16-21(19,20)15-6-4-3-5-14(15)17-9-7-13(11-18)8-10-17/h3-6,11-13,16H,7-10H2,1-2H3. The Balaban J connectivity index is 2.28. The number of rotatable bonds is 5. The molecule has 0 unspecified atom stereocenters. The topological polar surface area (TPSA) is 66.5 Å². The highest BCUT2D eigenvalue weighted by molar-refractivity contribution is 7.89. The van der Waals surface area contributed by atoms with Crippen molar-refractivity contribution in [1.82, 2.24) is 4.72 Å². The van der Waals surface area contributed by atoms with Gasteiger partial charge in [0, 0.05) is 25.0 Å². The van der Waals surface area contributed by atoms with Crippen molar-refractivity contribution in [3.8, 4) is 0 Å². The SMILES string of the molecule is CC(C)NS(=O)(=O)c1ccccc1N1CCC(C=O)CC1. The molecule has 5 nitrogen and oxygen atoms in total. The van der Waals surface area contributed by atoms with E-state index >= 15 is 0 Å². The molecule has 21 heavy (non-hydrogen) atoms. The Morgan fingerprint density at radius 3 is 2.43 bits per heavy atom. The Labute approximate surface area is 126 Å². The van der Waals surface area contributed by atoms with Crippen molar-refractivity contribution in [2.45, 2.75) is 37.6 Å². The first-order valence-electron chi connectivity index (χ1n) is 7.25. The van der Waals surface area contributed by atoms with Crippen molar-refractivity contribution in [2.24, 2.45) is 5.92 Å². The molecule has 1 N–H and O–H groups in total. The fraction of sp³-hybridized carbons (Fsp3) is 0.533. The molecule has 0 amide bonds. The maximum absolute atomic E-state index is 12.4. The normalized spacial score (nSPS) is 17.2. The maximum Gasteiger partial charge on any atom is 0.242 e. The van der Waals surface area contributed by atoms with Crippen molar-refractivity contribution < 1.29 is 13.2 Å². The first kappa shape index (κ1) is 16.0. The molecule has 0 atom stereocenters. The van der Waals surface area contributed by atoms with E-state index in [1.807, 2.05) is 12.1 Å². The summed E-state index contributed by atoms with van der Waals surface area (Å²) >= 11 is 0. The highest BCUT2D eigenvalue weighted by atomic mass is 32.2. The number of para-hydroxylation sites is 1. The molecular weight excluding hydrogens is 288 g/mol. The summed E-state index contributed by atoms with van der Waals surface area (Å²) in [5.41, 5.74) is 0.718. The molecule has 0 aromatic heterocycles. The van der Waals surface area contributed by atoms with Crippen LogP contribution in [0, 0.1) is 5.92 Å². The van der Waals surface area contributed by atoms with Gasteiger partial charge in [0.2, 0.25) is 10.0 Å². The van der Waals surface area contributed by atoms with Crippen LogP contribution in [0.15, 0.2) is 29.2 Å². The van der Waals surface area contributed by atoms with Gasteiger partial charge < -0.3 is 9.69 Å². The summed E-state index contributed by atoms with van der Waals surface area (Å²) in [6, 6.07) is 6.89. The quantitative estimate of drug-likeness (QED) is 0.842. The van der Waals surface area contributed by atoms with Gasteiger partial charge in [0.25, 0.3) is 0 Å². The van der Waals surface area contributed by atoms with Gasteiger partial charge in [-0.05, 0) is 38.8 Å². The van der Waals surface area contributed by atoms with Crippen LogP contribution in [-0.2, 0) is 14.8 Å². The van der Waals surface area contributed by atoms with Crippen LogP contribution in [0.25, 0.3) is 0 Å². The first-order chi connectivity index (χ1) is 9.94.